The maximum atomic E-state index is 10.5. The third kappa shape index (κ3) is 4.78. The van der Waals surface area contributed by atoms with Crippen molar-refractivity contribution in [2.75, 3.05) is 0 Å². The maximum Gasteiger partial charge on any atom is 0.164 e. The Hall–Kier alpha value is -6.18. The molecule has 1 aromatic heterocycles. The van der Waals surface area contributed by atoms with Crippen molar-refractivity contribution in [2.24, 2.45) is 23.7 Å². The second-order valence-electron chi connectivity index (χ2n) is 16.0. The molecular formula is C50H38N4. The smallest absolute Gasteiger partial charge is 0.164 e. The fraction of sp³-hybridized carbons (Fsp3) is 0.200. The van der Waals surface area contributed by atoms with Gasteiger partial charge in [-0.25, -0.2) is 15.0 Å². The van der Waals surface area contributed by atoms with Crippen LogP contribution in [0.3, 0.4) is 0 Å². The summed E-state index contributed by atoms with van der Waals surface area (Å²) in [5.41, 5.74) is 13.8. The maximum absolute atomic E-state index is 10.5. The van der Waals surface area contributed by atoms with Gasteiger partial charge in [0, 0.05) is 27.7 Å². The fourth-order valence-electron chi connectivity index (χ4n) is 11.1. The Morgan fingerprint density at radius 2 is 0.889 bits per heavy atom. The molecular weight excluding hydrogens is 657 g/mol. The summed E-state index contributed by atoms with van der Waals surface area (Å²) in [7, 11) is 0. The highest BCUT2D eigenvalue weighted by Crippen LogP contribution is 2.69. The molecule has 5 aliphatic carbocycles. The Bertz CT molecular complexity index is 2520. The molecule has 12 rings (SSSR count). The van der Waals surface area contributed by atoms with Crippen molar-refractivity contribution in [2.45, 2.75) is 37.5 Å². The van der Waals surface area contributed by atoms with E-state index in [0.29, 0.717) is 29.3 Å². The summed E-state index contributed by atoms with van der Waals surface area (Å²) in [6.45, 7) is 0. The summed E-state index contributed by atoms with van der Waals surface area (Å²) in [6, 6.07) is 53.9. The van der Waals surface area contributed by atoms with Gasteiger partial charge in [0.15, 0.2) is 17.5 Å². The highest BCUT2D eigenvalue weighted by atomic mass is 15.0. The average Bonchev–Trinajstić information content (AvgIpc) is 3.52. The standard InChI is InChI=1S/C50H38N4/c51-30-39-28-46-44(29-43(39)34-10-4-1-5-11-34)42-21-20-38(27-45(42)50(46)40-23-31-22-32(25-40)26-41(50)24-31)33-16-18-37(19-17-33)49-53-47(35-12-6-2-7-13-35)52-48(54-49)36-14-8-3-9-15-36/h1-21,27-29,31-32,40-41H,22-26H2. The van der Waals surface area contributed by atoms with Crippen LogP contribution >= 0.6 is 0 Å². The predicted octanol–water partition coefficient (Wildman–Crippen LogP) is 11.8. The molecule has 5 aliphatic rings. The molecule has 0 N–H and O–H groups in total. The Morgan fingerprint density at radius 1 is 0.426 bits per heavy atom. The minimum atomic E-state index is -0.0403. The molecule has 258 valence electrons. The lowest BCUT2D eigenvalue weighted by molar-refractivity contribution is -0.0399. The van der Waals surface area contributed by atoms with Crippen molar-refractivity contribution < 1.29 is 0 Å². The monoisotopic (exact) mass is 694 g/mol. The van der Waals surface area contributed by atoms with Crippen LogP contribution in [0.4, 0.5) is 0 Å². The third-order valence-corrected chi connectivity index (χ3v) is 13.2. The number of nitriles is 1. The van der Waals surface area contributed by atoms with E-state index in [9.17, 15) is 5.26 Å². The predicted molar refractivity (Wildman–Crippen MR) is 215 cm³/mol. The van der Waals surface area contributed by atoms with Gasteiger partial charge in [0.1, 0.15) is 0 Å². The first-order valence-corrected chi connectivity index (χ1v) is 19.4. The topological polar surface area (TPSA) is 62.5 Å². The molecule has 1 spiro atoms. The quantitative estimate of drug-likeness (QED) is 0.180. The summed E-state index contributed by atoms with van der Waals surface area (Å²) < 4.78 is 0. The van der Waals surface area contributed by atoms with Gasteiger partial charge in [-0.15, -0.1) is 0 Å². The lowest BCUT2D eigenvalue weighted by Crippen LogP contribution is -2.55. The van der Waals surface area contributed by atoms with Gasteiger partial charge in [-0.05, 0) is 113 Å². The van der Waals surface area contributed by atoms with Crippen molar-refractivity contribution in [3.05, 3.63) is 162 Å². The van der Waals surface area contributed by atoms with Crippen molar-refractivity contribution in [1.82, 2.24) is 15.0 Å². The molecule has 0 saturated heterocycles. The number of hydrogen-bond donors (Lipinski definition) is 0. The summed E-state index contributed by atoms with van der Waals surface area (Å²) >= 11 is 0. The number of hydrogen-bond acceptors (Lipinski definition) is 4. The van der Waals surface area contributed by atoms with Crippen LogP contribution in [0.5, 0.6) is 0 Å². The first kappa shape index (κ1) is 31.4. The lowest BCUT2D eigenvalue weighted by atomic mass is 9.43. The first-order valence-electron chi connectivity index (χ1n) is 19.4. The first-order chi connectivity index (χ1) is 26.7. The van der Waals surface area contributed by atoms with Crippen molar-refractivity contribution in [3.63, 3.8) is 0 Å². The van der Waals surface area contributed by atoms with Crippen LogP contribution in [0.2, 0.25) is 0 Å². The molecule has 4 saturated carbocycles. The van der Waals surface area contributed by atoms with E-state index in [-0.39, 0.29) is 5.41 Å². The van der Waals surface area contributed by atoms with E-state index in [1.165, 1.54) is 65.5 Å². The summed E-state index contributed by atoms with van der Waals surface area (Å²) in [6.07, 6.45) is 6.61. The van der Waals surface area contributed by atoms with Crippen molar-refractivity contribution in [1.29, 1.82) is 5.26 Å². The zero-order valence-corrected chi connectivity index (χ0v) is 30.0. The lowest BCUT2D eigenvalue weighted by Gasteiger charge is -2.61. The van der Waals surface area contributed by atoms with Gasteiger partial charge in [0.05, 0.1) is 11.6 Å². The summed E-state index contributed by atoms with van der Waals surface area (Å²) in [4.78, 5) is 14.8. The van der Waals surface area contributed by atoms with Gasteiger partial charge in [0.25, 0.3) is 0 Å². The Morgan fingerprint density at radius 3 is 1.43 bits per heavy atom. The molecule has 0 radical (unpaired) electrons. The average molecular weight is 695 g/mol. The minimum absolute atomic E-state index is 0.0403. The fourth-order valence-corrected chi connectivity index (χ4v) is 11.1. The summed E-state index contributed by atoms with van der Waals surface area (Å²) in [5.74, 6) is 4.91. The molecule has 0 amide bonds. The Labute approximate surface area is 316 Å². The molecule has 6 aromatic carbocycles. The number of fused-ring (bicyclic) bond motifs is 3. The van der Waals surface area contributed by atoms with Crippen LogP contribution < -0.4 is 0 Å². The minimum Gasteiger partial charge on any atom is -0.208 e. The highest BCUT2D eigenvalue weighted by molar-refractivity contribution is 5.89. The largest absolute Gasteiger partial charge is 0.208 e. The molecule has 1 heterocycles. The van der Waals surface area contributed by atoms with E-state index in [4.69, 9.17) is 15.0 Å². The van der Waals surface area contributed by atoms with E-state index >= 15 is 0 Å². The molecule has 4 nitrogen and oxygen atoms in total. The van der Waals surface area contributed by atoms with Gasteiger partial charge in [-0.1, -0.05) is 127 Å². The van der Waals surface area contributed by atoms with Crippen molar-refractivity contribution in [3.8, 4) is 73.6 Å². The highest BCUT2D eigenvalue weighted by Gasteiger charge is 2.61. The number of rotatable bonds is 5. The number of nitrogens with zero attached hydrogens (tertiary/aromatic N) is 4. The van der Waals surface area contributed by atoms with E-state index < -0.39 is 0 Å². The van der Waals surface area contributed by atoms with Crippen LogP contribution in [0, 0.1) is 35.0 Å². The Balaban J connectivity index is 1.03. The van der Waals surface area contributed by atoms with Gasteiger partial charge >= 0.3 is 0 Å². The van der Waals surface area contributed by atoms with Gasteiger partial charge in [-0.3, -0.25) is 0 Å². The van der Waals surface area contributed by atoms with Crippen LogP contribution in [0.15, 0.2) is 146 Å². The number of benzene rings is 6. The van der Waals surface area contributed by atoms with Crippen molar-refractivity contribution >= 4 is 0 Å². The SMILES string of the molecule is N#Cc1cc2c(cc1-c1ccccc1)-c1ccc(-c3ccc(-c4nc(-c5ccccc5)nc(-c5ccccc5)n4)cc3)cc1C21C2CC3CC(C2)CC1C3. The van der Waals surface area contributed by atoms with Crippen LogP contribution in [-0.4, -0.2) is 15.0 Å². The van der Waals surface area contributed by atoms with Crippen LogP contribution in [0.1, 0.15) is 48.8 Å². The molecule has 7 aromatic rings. The van der Waals surface area contributed by atoms with Gasteiger partial charge in [0.2, 0.25) is 0 Å². The van der Waals surface area contributed by atoms with Crippen LogP contribution in [-0.2, 0) is 5.41 Å². The molecule has 0 atom stereocenters. The van der Waals surface area contributed by atoms with E-state index in [0.717, 1.165) is 45.2 Å². The second-order valence-corrected chi connectivity index (χ2v) is 16.0. The number of aromatic nitrogens is 3. The third-order valence-electron chi connectivity index (χ3n) is 13.2. The van der Waals surface area contributed by atoms with E-state index in [1.807, 2.05) is 66.7 Å². The zero-order chi connectivity index (χ0) is 35.8. The molecule has 0 aliphatic heterocycles. The second kappa shape index (κ2) is 12.2. The summed E-state index contributed by atoms with van der Waals surface area (Å²) in [5, 5.41) is 10.5. The van der Waals surface area contributed by atoms with Gasteiger partial charge in [-0.2, -0.15) is 5.26 Å². The van der Waals surface area contributed by atoms with E-state index in [2.05, 4.69) is 84.9 Å². The molecule has 4 heteroatoms. The Kier molecular flexibility index (Phi) is 7.07. The van der Waals surface area contributed by atoms with Gasteiger partial charge < -0.3 is 0 Å². The molecule has 54 heavy (non-hydrogen) atoms. The molecule has 4 fully saturated rings. The zero-order valence-electron chi connectivity index (χ0n) is 30.0. The molecule has 0 unspecified atom stereocenters. The normalized spacial score (nSPS) is 22.9. The van der Waals surface area contributed by atoms with Crippen LogP contribution in [0.25, 0.3) is 67.5 Å². The van der Waals surface area contributed by atoms with E-state index in [1.54, 1.807) is 0 Å². The molecule has 4 bridgehead atoms.